The van der Waals surface area contributed by atoms with Crippen molar-refractivity contribution >= 4 is 8.80 Å². The zero-order chi connectivity index (χ0) is 33.3. The van der Waals surface area contributed by atoms with E-state index in [0.717, 1.165) is 54.4 Å². The van der Waals surface area contributed by atoms with E-state index >= 15 is 0 Å². The van der Waals surface area contributed by atoms with Gasteiger partial charge in [-0.3, -0.25) is 9.97 Å². The number of para-hydroxylation sites is 1. The van der Waals surface area contributed by atoms with Crippen LogP contribution in [0.2, 0.25) is 0 Å². The summed E-state index contributed by atoms with van der Waals surface area (Å²) in [4.78, 5) is 8.04. The fraction of sp³-hybridized carbons (Fsp3) is 0.350. The van der Waals surface area contributed by atoms with Crippen molar-refractivity contribution in [3.8, 4) is 53.1 Å². The van der Waals surface area contributed by atoms with Gasteiger partial charge in [0.2, 0.25) is 0 Å². The van der Waals surface area contributed by atoms with Gasteiger partial charge in [-0.05, 0) is 118 Å². The molecule has 3 aromatic rings. The fourth-order valence-corrected chi connectivity index (χ4v) is 6.71. The maximum absolute atomic E-state index is 6.29. The van der Waals surface area contributed by atoms with Gasteiger partial charge in [0.05, 0.1) is 17.7 Å². The van der Waals surface area contributed by atoms with Crippen molar-refractivity contribution in [1.29, 1.82) is 0 Å². The second-order valence-corrected chi connectivity index (χ2v) is 12.6. The van der Waals surface area contributed by atoms with Gasteiger partial charge >= 0.3 is 8.80 Å². The molecule has 0 spiro atoms. The molecule has 2 heterocycles. The highest BCUT2D eigenvalue weighted by atomic mass is 28.4. The molecule has 0 radical (unpaired) electrons. The molecular formula is C40H44N2O4Si. The summed E-state index contributed by atoms with van der Waals surface area (Å²) in [5.41, 5.74) is 5.27. The summed E-state index contributed by atoms with van der Waals surface area (Å²) < 4.78 is 24.0. The fourth-order valence-electron chi connectivity index (χ4n) is 4.51. The molecule has 0 aliphatic carbocycles. The monoisotopic (exact) mass is 644 g/mol. The number of nitrogens with zero attached hydrogens (tertiary/aromatic N) is 2. The van der Waals surface area contributed by atoms with Crippen LogP contribution in [0.3, 0.4) is 0 Å². The molecule has 0 unspecified atom stereocenters. The zero-order valence-electron chi connectivity index (χ0n) is 27.8. The smallest absolute Gasteiger partial charge is 0.491 e. The Bertz CT molecular complexity index is 1520. The summed E-state index contributed by atoms with van der Waals surface area (Å²) in [7, 11) is -2.70. The molecule has 242 valence electrons. The first-order valence-corrected chi connectivity index (χ1v) is 18.2. The Morgan fingerprint density at radius 2 is 1.06 bits per heavy atom. The SMILES string of the molecule is CCO[Si](/C=C/CCCCCCCCOc1c(C#CC#Cc2ccncc2)cccc1C#CC#Cc1ccncc1)(OCC)OCC. The van der Waals surface area contributed by atoms with E-state index in [4.69, 9.17) is 18.0 Å². The number of benzene rings is 1. The van der Waals surface area contributed by atoms with Gasteiger partial charge in [-0.25, -0.2) is 0 Å². The minimum atomic E-state index is -2.70. The molecule has 7 heteroatoms. The van der Waals surface area contributed by atoms with Crippen molar-refractivity contribution < 1.29 is 18.0 Å². The molecule has 0 amide bonds. The lowest BCUT2D eigenvalue weighted by molar-refractivity contribution is 0.0842. The van der Waals surface area contributed by atoms with Gasteiger partial charge in [0, 0.05) is 55.7 Å². The van der Waals surface area contributed by atoms with E-state index in [1.807, 2.05) is 68.9 Å². The van der Waals surface area contributed by atoms with Gasteiger partial charge in [0.1, 0.15) is 0 Å². The van der Waals surface area contributed by atoms with Gasteiger partial charge < -0.3 is 18.0 Å². The first-order valence-electron chi connectivity index (χ1n) is 16.4. The van der Waals surface area contributed by atoms with Crippen LogP contribution in [-0.2, 0) is 13.3 Å². The van der Waals surface area contributed by atoms with Crippen molar-refractivity contribution in [3.05, 3.63) is 101 Å². The van der Waals surface area contributed by atoms with Gasteiger partial charge in [0.15, 0.2) is 5.75 Å². The maximum Gasteiger partial charge on any atom is 0.529 e. The number of ether oxygens (including phenoxy) is 1. The molecule has 3 rings (SSSR count). The second kappa shape index (κ2) is 22.8. The predicted octanol–water partition coefficient (Wildman–Crippen LogP) is 7.54. The van der Waals surface area contributed by atoms with Crippen LogP contribution in [0.1, 0.15) is 88.0 Å². The largest absolute Gasteiger partial charge is 0.529 e. The van der Waals surface area contributed by atoms with Crippen molar-refractivity contribution in [2.45, 2.75) is 65.7 Å². The first kappa shape index (κ1) is 36.9. The Labute approximate surface area is 282 Å². The van der Waals surface area contributed by atoms with Crippen LogP contribution in [0.25, 0.3) is 0 Å². The Morgan fingerprint density at radius 1 is 0.596 bits per heavy atom. The third-order valence-electron chi connectivity index (χ3n) is 6.68. The predicted molar refractivity (Wildman–Crippen MR) is 190 cm³/mol. The average Bonchev–Trinajstić information content (AvgIpc) is 3.09. The quantitative estimate of drug-likeness (QED) is 0.0860. The van der Waals surface area contributed by atoms with E-state index in [9.17, 15) is 0 Å². The average molecular weight is 645 g/mol. The molecule has 0 saturated heterocycles. The summed E-state index contributed by atoms with van der Waals surface area (Å²) in [6.07, 6.45) is 16.7. The third-order valence-corrected chi connectivity index (χ3v) is 9.40. The summed E-state index contributed by atoms with van der Waals surface area (Å²) in [6, 6.07) is 13.2. The Kier molecular flexibility index (Phi) is 17.9. The summed E-state index contributed by atoms with van der Waals surface area (Å²) in [5.74, 6) is 24.8. The van der Waals surface area contributed by atoms with Crippen LogP contribution in [0.4, 0.5) is 0 Å². The number of hydrogen-bond donors (Lipinski definition) is 0. The van der Waals surface area contributed by atoms with Crippen LogP contribution < -0.4 is 4.74 Å². The molecule has 0 aliphatic rings. The summed E-state index contributed by atoms with van der Waals surface area (Å²) in [5, 5.41) is 0. The molecule has 2 aromatic heterocycles. The van der Waals surface area contributed by atoms with E-state index in [1.165, 1.54) is 12.8 Å². The Hall–Kier alpha value is -4.60. The second-order valence-electron chi connectivity index (χ2n) is 10.2. The van der Waals surface area contributed by atoms with Crippen molar-refractivity contribution in [3.63, 3.8) is 0 Å². The lowest BCUT2D eigenvalue weighted by Gasteiger charge is -2.25. The zero-order valence-corrected chi connectivity index (χ0v) is 28.8. The van der Waals surface area contributed by atoms with Crippen LogP contribution >= 0.6 is 0 Å². The summed E-state index contributed by atoms with van der Waals surface area (Å²) in [6.45, 7) is 8.25. The number of pyridine rings is 2. The van der Waals surface area contributed by atoms with E-state index in [0.29, 0.717) is 32.2 Å². The minimum absolute atomic E-state index is 0.581. The molecule has 0 atom stereocenters. The van der Waals surface area contributed by atoms with E-state index in [-0.39, 0.29) is 0 Å². The van der Waals surface area contributed by atoms with Gasteiger partial charge in [0.25, 0.3) is 0 Å². The van der Waals surface area contributed by atoms with Gasteiger partial charge in [-0.1, -0.05) is 49.7 Å². The van der Waals surface area contributed by atoms with Gasteiger partial charge in [-0.2, -0.15) is 0 Å². The van der Waals surface area contributed by atoms with E-state index in [1.54, 1.807) is 24.8 Å². The number of hydrogen-bond acceptors (Lipinski definition) is 6. The van der Waals surface area contributed by atoms with Crippen molar-refractivity contribution in [2.75, 3.05) is 26.4 Å². The number of allylic oxidation sites excluding steroid dienone is 1. The molecular weight excluding hydrogens is 601 g/mol. The standard InChI is InChI=1S/C40H44N2O4Si/c1-4-44-47(45-5-2,46-6-3)35-18-12-10-8-7-9-11-17-34-43-40-38(22-15-13-20-36-26-30-41-31-27-36)24-19-25-39(40)23-16-14-21-37-28-32-42-33-29-37/h18-19,24-33,35H,4-12,17,34H2,1-3H3/b35-18+. The number of unbranched alkanes of at least 4 members (excludes halogenated alkanes) is 6. The number of aromatic nitrogens is 2. The highest BCUT2D eigenvalue weighted by Crippen LogP contribution is 2.23. The molecule has 0 saturated carbocycles. The minimum Gasteiger partial charge on any atom is -0.491 e. The molecule has 47 heavy (non-hydrogen) atoms. The molecule has 0 bridgehead atoms. The normalized spacial score (nSPS) is 10.4. The molecule has 0 fully saturated rings. The number of rotatable bonds is 17. The Morgan fingerprint density at radius 3 is 1.57 bits per heavy atom. The van der Waals surface area contributed by atoms with Crippen LogP contribution in [0.15, 0.2) is 79.0 Å². The molecule has 0 N–H and O–H groups in total. The highest BCUT2D eigenvalue weighted by Gasteiger charge is 2.37. The van der Waals surface area contributed by atoms with Crippen LogP contribution in [-0.4, -0.2) is 45.2 Å². The lowest BCUT2D eigenvalue weighted by atomic mass is 10.1. The van der Waals surface area contributed by atoms with Gasteiger partial charge in [-0.15, -0.1) is 0 Å². The van der Waals surface area contributed by atoms with Crippen molar-refractivity contribution in [2.24, 2.45) is 0 Å². The topological polar surface area (TPSA) is 62.7 Å². The van der Waals surface area contributed by atoms with E-state index < -0.39 is 8.80 Å². The molecule has 6 nitrogen and oxygen atoms in total. The highest BCUT2D eigenvalue weighted by molar-refractivity contribution is 6.66. The molecule has 1 aromatic carbocycles. The maximum atomic E-state index is 6.29. The third kappa shape index (κ3) is 14.6. The summed E-state index contributed by atoms with van der Waals surface area (Å²) >= 11 is 0. The lowest BCUT2D eigenvalue weighted by Crippen LogP contribution is -2.44. The van der Waals surface area contributed by atoms with E-state index in [2.05, 4.69) is 63.4 Å². The van der Waals surface area contributed by atoms with Crippen LogP contribution in [0, 0.1) is 47.4 Å². The van der Waals surface area contributed by atoms with Crippen molar-refractivity contribution in [1.82, 2.24) is 9.97 Å². The van der Waals surface area contributed by atoms with Crippen LogP contribution in [0.5, 0.6) is 5.75 Å². The Balaban J connectivity index is 1.53. The first-order chi connectivity index (χ1) is 23.2. The molecule has 0 aliphatic heterocycles.